The van der Waals surface area contributed by atoms with Gasteiger partial charge in [-0.2, -0.15) is 5.10 Å². The molecule has 2 fully saturated rings. The lowest BCUT2D eigenvalue weighted by Crippen LogP contribution is -2.42. The standard InChI is InChI=1S/C21H27N5O3/c1-23(2)21(28)26-12-15-11-25(20(27)18-9-10-22-24(18)3)13-17(15)19(26)14-5-7-16(29-4)8-6-14/h5-10,15,17,19H,11-13H2,1-4H3/t15-,17-,19+/m1/s1. The third kappa shape index (κ3) is 3.32. The lowest BCUT2D eigenvalue weighted by molar-refractivity contribution is 0.0755. The second kappa shape index (κ2) is 7.42. The molecular weight excluding hydrogens is 370 g/mol. The SMILES string of the molecule is COc1ccc([C@H]2[C@@H]3CN(C(=O)c4ccnn4C)C[C@@H]3CN2C(=O)N(C)C)cc1. The Morgan fingerprint density at radius 1 is 1.10 bits per heavy atom. The predicted molar refractivity (Wildman–Crippen MR) is 108 cm³/mol. The summed E-state index contributed by atoms with van der Waals surface area (Å²) in [6.45, 7) is 1.93. The number of fused-ring (bicyclic) bond motifs is 1. The Kier molecular flexibility index (Phi) is 4.94. The zero-order valence-electron chi connectivity index (χ0n) is 17.3. The van der Waals surface area contributed by atoms with Gasteiger partial charge < -0.3 is 19.4 Å². The van der Waals surface area contributed by atoms with E-state index in [-0.39, 0.29) is 29.8 Å². The highest BCUT2D eigenvalue weighted by Crippen LogP contribution is 2.45. The van der Waals surface area contributed by atoms with Crippen molar-refractivity contribution in [2.24, 2.45) is 18.9 Å². The Hall–Kier alpha value is -3.03. The highest BCUT2D eigenvalue weighted by Gasteiger charge is 2.50. The summed E-state index contributed by atoms with van der Waals surface area (Å²) in [5.41, 5.74) is 1.66. The zero-order chi connectivity index (χ0) is 20.7. The summed E-state index contributed by atoms with van der Waals surface area (Å²) in [4.78, 5) is 31.3. The van der Waals surface area contributed by atoms with Gasteiger partial charge in [0.15, 0.2) is 0 Å². The molecule has 2 saturated heterocycles. The van der Waals surface area contributed by atoms with Gasteiger partial charge in [-0.3, -0.25) is 9.48 Å². The molecule has 2 aromatic rings. The molecule has 0 saturated carbocycles. The van der Waals surface area contributed by atoms with Crippen molar-refractivity contribution in [3.8, 4) is 5.75 Å². The molecule has 0 spiro atoms. The maximum atomic E-state index is 13.0. The quantitative estimate of drug-likeness (QED) is 0.793. The molecule has 29 heavy (non-hydrogen) atoms. The summed E-state index contributed by atoms with van der Waals surface area (Å²) < 4.78 is 6.89. The number of aromatic nitrogens is 2. The second-order valence-corrected chi connectivity index (χ2v) is 8.02. The van der Waals surface area contributed by atoms with Crippen molar-refractivity contribution in [1.82, 2.24) is 24.5 Å². The minimum Gasteiger partial charge on any atom is -0.497 e. The molecule has 3 heterocycles. The van der Waals surface area contributed by atoms with Gasteiger partial charge in [-0.05, 0) is 23.8 Å². The van der Waals surface area contributed by atoms with E-state index in [2.05, 4.69) is 5.10 Å². The molecule has 0 aliphatic carbocycles. The molecule has 0 N–H and O–H groups in total. The van der Waals surface area contributed by atoms with E-state index in [0.29, 0.717) is 25.3 Å². The van der Waals surface area contributed by atoms with Crippen LogP contribution in [0, 0.1) is 11.8 Å². The Morgan fingerprint density at radius 2 is 1.83 bits per heavy atom. The molecule has 0 bridgehead atoms. The van der Waals surface area contributed by atoms with Crippen LogP contribution in [0.15, 0.2) is 36.5 Å². The van der Waals surface area contributed by atoms with Crippen LogP contribution in [-0.2, 0) is 7.05 Å². The first kappa shape index (κ1) is 19.3. The molecule has 3 amide bonds. The fourth-order valence-corrected chi connectivity index (χ4v) is 4.64. The molecule has 8 heteroatoms. The van der Waals surface area contributed by atoms with Crippen LogP contribution in [-0.4, -0.2) is 77.3 Å². The summed E-state index contributed by atoms with van der Waals surface area (Å²) in [6, 6.07) is 9.58. The van der Waals surface area contributed by atoms with E-state index in [9.17, 15) is 9.59 Å². The van der Waals surface area contributed by atoms with E-state index < -0.39 is 0 Å². The lowest BCUT2D eigenvalue weighted by Gasteiger charge is -2.32. The second-order valence-electron chi connectivity index (χ2n) is 8.02. The topological polar surface area (TPSA) is 70.9 Å². The Bertz CT molecular complexity index is 907. The normalized spacial score (nSPS) is 23.2. The summed E-state index contributed by atoms with van der Waals surface area (Å²) >= 11 is 0. The number of amides is 3. The van der Waals surface area contributed by atoms with E-state index in [0.717, 1.165) is 11.3 Å². The van der Waals surface area contributed by atoms with Crippen LogP contribution in [0.2, 0.25) is 0 Å². The maximum Gasteiger partial charge on any atom is 0.320 e. The fourth-order valence-electron chi connectivity index (χ4n) is 4.64. The largest absolute Gasteiger partial charge is 0.497 e. The third-order valence-electron chi connectivity index (χ3n) is 6.08. The highest BCUT2D eigenvalue weighted by molar-refractivity contribution is 5.92. The number of methoxy groups -OCH3 is 1. The number of ether oxygens (including phenoxy) is 1. The number of aryl methyl sites for hydroxylation is 1. The van der Waals surface area contributed by atoms with Crippen molar-refractivity contribution in [2.75, 3.05) is 40.8 Å². The van der Waals surface area contributed by atoms with Gasteiger partial charge in [-0.1, -0.05) is 12.1 Å². The number of carbonyl (C=O) groups excluding carboxylic acids is 2. The zero-order valence-corrected chi connectivity index (χ0v) is 17.3. The van der Waals surface area contributed by atoms with E-state index in [1.54, 1.807) is 50.1 Å². The molecule has 0 radical (unpaired) electrons. The third-order valence-corrected chi connectivity index (χ3v) is 6.08. The lowest BCUT2D eigenvalue weighted by atomic mass is 9.89. The van der Waals surface area contributed by atoms with Crippen molar-refractivity contribution in [3.63, 3.8) is 0 Å². The molecule has 4 rings (SSSR count). The van der Waals surface area contributed by atoms with Crippen LogP contribution >= 0.6 is 0 Å². The summed E-state index contributed by atoms with van der Waals surface area (Å²) in [5.74, 6) is 1.24. The Balaban J connectivity index is 1.61. The van der Waals surface area contributed by atoms with Crippen LogP contribution in [0.1, 0.15) is 22.1 Å². The maximum absolute atomic E-state index is 13.0. The first-order valence-corrected chi connectivity index (χ1v) is 9.80. The predicted octanol–water partition coefficient (Wildman–Crippen LogP) is 1.86. The molecule has 0 unspecified atom stereocenters. The van der Waals surface area contributed by atoms with Gasteiger partial charge in [-0.15, -0.1) is 0 Å². The number of rotatable bonds is 3. The molecule has 1 aromatic heterocycles. The fraction of sp³-hybridized carbons (Fsp3) is 0.476. The van der Waals surface area contributed by atoms with Crippen LogP contribution < -0.4 is 4.74 Å². The van der Waals surface area contributed by atoms with Gasteiger partial charge in [0.05, 0.1) is 13.2 Å². The molecule has 1 aromatic carbocycles. The summed E-state index contributed by atoms with van der Waals surface area (Å²) in [7, 11) is 6.97. The average molecular weight is 397 g/mol. The smallest absolute Gasteiger partial charge is 0.320 e. The van der Waals surface area contributed by atoms with Crippen LogP contribution in [0.5, 0.6) is 5.75 Å². The number of benzene rings is 1. The van der Waals surface area contributed by atoms with Gasteiger partial charge in [0.2, 0.25) is 0 Å². The number of hydrogen-bond donors (Lipinski definition) is 0. The van der Waals surface area contributed by atoms with E-state index in [1.165, 1.54) is 0 Å². The van der Waals surface area contributed by atoms with E-state index in [1.807, 2.05) is 34.1 Å². The molecule has 2 aliphatic rings. The number of hydrogen-bond acceptors (Lipinski definition) is 4. The van der Waals surface area contributed by atoms with Gasteiger partial charge in [-0.25, -0.2) is 4.79 Å². The molecule has 154 valence electrons. The monoisotopic (exact) mass is 397 g/mol. The first-order chi connectivity index (χ1) is 13.9. The number of urea groups is 1. The van der Waals surface area contributed by atoms with Crippen LogP contribution in [0.3, 0.4) is 0 Å². The van der Waals surface area contributed by atoms with Gasteiger partial charge >= 0.3 is 6.03 Å². The number of carbonyl (C=O) groups is 2. The minimum atomic E-state index is -0.0647. The Morgan fingerprint density at radius 3 is 2.41 bits per heavy atom. The van der Waals surface area contributed by atoms with Crippen LogP contribution in [0.4, 0.5) is 4.79 Å². The average Bonchev–Trinajstić information content (AvgIpc) is 3.40. The Labute approximate surface area is 170 Å². The molecule has 2 aliphatic heterocycles. The van der Waals surface area contributed by atoms with Crippen LogP contribution in [0.25, 0.3) is 0 Å². The van der Waals surface area contributed by atoms with Gasteiger partial charge in [0.25, 0.3) is 5.91 Å². The van der Waals surface area contributed by atoms with Gasteiger partial charge in [0.1, 0.15) is 11.4 Å². The molecule has 3 atom stereocenters. The van der Waals surface area contributed by atoms with Crippen molar-refractivity contribution in [3.05, 3.63) is 47.8 Å². The molecular formula is C21H27N5O3. The summed E-state index contributed by atoms with van der Waals surface area (Å²) in [6.07, 6.45) is 1.64. The number of nitrogens with zero attached hydrogens (tertiary/aromatic N) is 5. The summed E-state index contributed by atoms with van der Waals surface area (Å²) in [5, 5.41) is 4.11. The van der Waals surface area contributed by atoms with Crippen molar-refractivity contribution >= 4 is 11.9 Å². The minimum absolute atomic E-state index is 0.00151. The first-order valence-electron chi connectivity index (χ1n) is 9.80. The highest BCUT2D eigenvalue weighted by atomic mass is 16.5. The van der Waals surface area contributed by atoms with E-state index >= 15 is 0 Å². The van der Waals surface area contributed by atoms with Crippen molar-refractivity contribution < 1.29 is 14.3 Å². The van der Waals surface area contributed by atoms with E-state index in [4.69, 9.17) is 4.74 Å². The van der Waals surface area contributed by atoms with Crippen molar-refractivity contribution in [2.45, 2.75) is 6.04 Å². The molecule has 8 nitrogen and oxygen atoms in total. The number of likely N-dealkylation sites (tertiary alicyclic amines) is 2. The van der Waals surface area contributed by atoms with Crippen molar-refractivity contribution in [1.29, 1.82) is 0 Å². The van der Waals surface area contributed by atoms with Gasteiger partial charge in [0, 0.05) is 58.8 Å².